The van der Waals surface area contributed by atoms with Gasteiger partial charge in [-0.1, -0.05) is 0 Å². The van der Waals surface area contributed by atoms with E-state index in [0.717, 1.165) is 12.1 Å². The number of phenols is 2. The Balaban J connectivity index is 2.94. The molecule has 0 saturated carbocycles. The van der Waals surface area contributed by atoms with Crippen LogP contribution in [0.25, 0.3) is 0 Å². The molecule has 0 bridgehead atoms. The number of hydrogen-bond donors (Lipinski definition) is 5. The van der Waals surface area contributed by atoms with Crippen LogP contribution in [0, 0.1) is 0 Å². The standard InChI is InChI=1S/C11H13NO6/c1-5(13)9(11(17)18)12-10(16)7-4-6(14)2-3-8(7)15/h2-5,9,13-15H,1H3,(H,12,16)(H,17,18). The van der Waals surface area contributed by atoms with Gasteiger partial charge in [0.25, 0.3) is 5.91 Å². The van der Waals surface area contributed by atoms with Crippen LogP contribution in [-0.2, 0) is 4.79 Å². The third kappa shape index (κ3) is 3.11. The van der Waals surface area contributed by atoms with Crippen molar-refractivity contribution in [2.24, 2.45) is 0 Å². The maximum absolute atomic E-state index is 11.7. The highest BCUT2D eigenvalue weighted by atomic mass is 16.4. The Labute approximate surface area is 102 Å². The molecule has 0 aromatic heterocycles. The number of carboxylic acid groups (broad SMARTS) is 1. The van der Waals surface area contributed by atoms with Gasteiger partial charge in [-0.2, -0.15) is 0 Å². The number of carboxylic acids is 1. The monoisotopic (exact) mass is 255 g/mol. The molecule has 98 valence electrons. The number of aromatic hydroxyl groups is 2. The van der Waals surface area contributed by atoms with Crippen LogP contribution < -0.4 is 5.32 Å². The van der Waals surface area contributed by atoms with Gasteiger partial charge in [0.05, 0.1) is 11.7 Å². The highest BCUT2D eigenvalue weighted by Crippen LogP contribution is 2.21. The lowest BCUT2D eigenvalue weighted by Gasteiger charge is -2.17. The Morgan fingerprint density at radius 1 is 1.28 bits per heavy atom. The molecule has 0 radical (unpaired) electrons. The molecule has 5 N–H and O–H groups in total. The number of carbonyl (C=O) groups excluding carboxylic acids is 1. The van der Waals surface area contributed by atoms with E-state index in [4.69, 9.17) is 5.11 Å². The third-order valence-electron chi connectivity index (χ3n) is 2.26. The molecule has 0 aliphatic rings. The SMILES string of the molecule is CC(O)C(NC(=O)c1cc(O)ccc1O)C(=O)O. The molecule has 7 nitrogen and oxygen atoms in total. The van der Waals surface area contributed by atoms with Gasteiger partial charge < -0.3 is 25.7 Å². The molecule has 0 spiro atoms. The lowest BCUT2D eigenvalue weighted by molar-refractivity contribution is -0.141. The Kier molecular flexibility index (Phi) is 4.11. The second-order valence-corrected chi connectivity index (χ2v) is 3.73. The maximum atomic E-state index is 11.7. The summed E-state index contributed by atoms with van der Waals surface area (Å²) in [7, 11) is 0. The van der Waals surface area contributed by atoms with Crippen molar-refractivity contribution in [3.8, 4) is 11.5 Å². The molecule has 0 fully saturated rings. The van der Waals surface area contributed by atoms with Gasteiger partial charge >= 0.3 is 5.97 Å². The van der Waals surface area contributed by atoms with Crippen molar-refractivity contribution < 1.29 is 30.0 Å². The van der Waals surface area contributed by atoms with Crippen molar-refractivity contribution in [2.75, 3.05) is 0 Å². The van der Waals surface area contributed by atoms with E-state index in [2.05, 4.69) is 0 Å². The highest BCUT2D eigenvalue weighted by Gasteiger charge is 2.26. The van der Waals surface area contributed by atoms with Gasteiger partial charge in [0.2, 0.25) is 0 Å². The summed E-state index contributed by atoms with van der Waals surface area (Å²) in [5, 5.41) is 38.6. The van der Waals surface area contributed by atoms with Crippen molar-refractivity contribution >= 4 is 11.9 Å². The van der Waals surface area contributed by atoms with Gasteiger partial charge in [0, 0.05) is 0 Å². The molecule has 1 aromatic rings. The fraction of sp³-hybridized carbons (Fsp3) is 0.273. The number of benzene rings is 1. The predicted molar refractivity (Wildman–Crippen MR) is 60.3 cm³/mol. The van der Waals surface area contributed by atoms with Crippen molar-refractivity contribution in [1.29, 1.82) is 0 Å². The van der Waals surface area contributed by atoms with E-state index < -0.39 is 29.8 Å². The minimum absolute atomic E-state index is 0.248. The summed E-state index contributed by atoms with van der Waals surface area (Å²) in [4.78, 5) is 22.5. The van der Waals surface area contributed by atoms with E-state index in [0.29, 0.717) is 0 Å². The molecule has 0 aliphatic heterocycles. The Morgan fingerprint density at radius 2 is 1.89 bits per heavy atom. The zero-order valence-electron chi connectivity index (χ0n) is 9.49. The number of amides is 1. The van der Waals surface area contributed by atoms with E-state index >= 15 is 0 Å². The number of phenolic OH excluding ortho intramolecular Hbond substituents is 2. The average Bonchev–Trinajstić information content (AvgIpc) is 2.28. The predicted octanol–water partition coefficient (Wildman–Crippen LogP) is -0.338. The molecule has 1 rings (SSSR count). The lowest BCUT2D eigenvalue weighted by Crippen LogP contribution is -2.47. The number of nitrogens with one attached hydrogen (secondary N) is 1. The van der Waals surface area contributed by atoms with Crippen LogP contribution in [0.2, 0.25) is 0 Å². The number of rotatable bonds is 4. The summed E-state index contributed by atoms with van der Waals surface area (Å²) in [5.41, 5.74) is -0.276. The second kappa shape index (κ2) is 5.37. The average molecular weight is 255 g/mol. The van der Waals surface area contributed by atoms with Crippen LogP contribution in [0.1, 0.15) is 17.3 Å². The first-order valence-electron chi connectivity index (χ1n) is 5.06. The number of carbonyl (C=O) groups is 2. The summed E-state index contributed by atoms with van der Waals surface area (Å²) in [5.74, 6) is -2.96. The molecule has 0 heterocycles. The molecule has 2 unspecified atom stereocenters. The Hall–Kier alpha value is -2.28. The first-order chi connectivity index (χ1) is 8.32. The minimum atomic E-state index is -1.50. The number of aliphatic carboxylic acids is 1. The fourth-order valence-electron chi connectivity index (χ4n) is 1.31. The molecular formula is C11H13NO6. The van der Waals surface area contributed by atoms with Crippen LogP contribution in [0.4, 0.5) is 0 Å². The largest absolute Gasteiger partial charge is 0.508 e. The highest BCUT2D eigenvalue weighted by molar-refractivity contribution is 5.99. The second-order valence-electron chi connectivity index (χ2n) is 3.73. The number of hydrogen-bond acceptors (Lipinski definition) is 5. The topological polar surface area (TPSA) is 127 Å². The van der Waals surface area contributed by atoms with Crippen LogP contribution in [0.3, 0.4) is 0 Å². The number of aliphatic hydroxyl groups is 1. The minimum Gasteiger partial charge on any atom is -0.508 e. The van der Waals surface area contributed by atoms with Crippen LogP contribution in [0.15, 0.2) is 18.2 Å². The van der Waals surface area contributed by atoms with Crippen molar-refractivity contribution in [3.05, 3.63) is 23.8 Å². The normalized spacial score (nSPS) is 13.7. The van der Waals surface area contributed by atoms with Crippen molar-refractivity contribution in [1.82, 2.24) is 5.32 Å². The van der Waals surface area contributed by atoms with Gasteiger partial charge in [0.1, 0.15) is 11.5 Å². The summed E-state index contributed by atoms with van der Waals surface area (Å²) in [6, 6.07) is 1.77. The molecule has 0 aliphatic carbocycles. The molecular weight excluding hydrogens is 242 g/mol. The van der Waals surface area contributed by atoms with Gasteiger partial charge in [-0.25, -0.2) is 4.79 Å². The van der Waals surface area contributed by atoms with E-state index in [1.54, 1.807) is 0 Å². The van der Waals surface area contributed by atoms with Crippen LogP contribution in [0.5, 0.6) is 11.5 Å². The summed E-state index contributed by atoms with van der Waals surface area (Å²) in [6.07, 6.45) is -1.30. The van der Waals surface area contributed by atoms with Crippen LogP contribution in [-0.4, -0.2) is 44.4 Å². The first-order valence-corrected chi connectivity index (χ1v) is 5.06. The van der Waals surface area contributed by atoms with E-state index in [1.807, 2.05) is 5.32 Å². The lowest BCUT2D eigenvalue weighted by atomic mass is 10.1. The summed E-state index contributed by atoms with van der Waals surface area (Å²) in [6.45, 7) is 1.21. The molecule has 7 heteroatoms. The van der Waals surface area contributed by atoms with E-state index in [-0.39, 0.29) is 11.3 Å². The molecule has 1 amide bonds. The van der Waals surface area contributed by atoms with E-state index in [1.165, 1.54) is 13.0 Å². The Morgan fingerprint density at radius 3 is 2.39 bits per heavy atom. The summed E-state index contributed by atoms with van der Waals surface area (Å²) >= 11 is 0. The third-order valence-corrected chi connectivity index (χ3v) is 2.26. The maximum Gasteiger partial charge on any atom is 0.328 e. The Bertz CT molecular complexity index is 471. The van der Waals surface area contributed by atoms with Crippen molar-refractivity contribution in [2.45, 2.75) is 19.1 Å². The van der Waals surface area contributed by atoms with Gasteiger partial charge in [-0.15, -0.1) is 0 Å². The smallest absolute Gasteiger partial charge is 0.328 e. The quantitative estimate of drug-likeness (QED) is 0.468. The van der Waals surface area contributed by atoms with Gasteiger partial charge in [0.15, 0.2) is 6.04 Å². The zero-order valence-corrected chi connectivity index (χ0v) is 9.49. The van der Waals surface area contributed by atoms with E-state index in [9.17, 15) is 24.9 Å². The zero-order chi connectivity index (χ0) is 13.9. The van der Waals surface area contributed by atoms with Crippen LogP contribution >= 0.6 is 0 Å². The van der Waals surface area contributed by atoms with Gasteiger partial charge in [-0.05, 0) is 25.1 Å². The fourth-order valence-corrected chi connectivity index (χ4v) is 1.31. The molecule has 0 saturated heterocycles. The van der Waals surface area contributed by atoms with Gasteiger partial charge in [-0.3, -0.25) is 4.79 Å². The first kappa shape index (κ1) is 13.8. The van der Waals surface area contributed by atoms with Crippen molar-refractivity contribution in [3.63, 3.8) is 0 Å². The molecule has 2 atom stereocenters. The summed E-state index contributed by atoms with van der Waals surface area (Å²) < 4.78 is 0. The number of aliphatic hydroxyl groups excluding tert-OH is 1. The molecule has 18 heavy (non-hydrogen) atoms. The molecule has 1 aromatic carbocycles.